The molecule has 0 aliphatic rings. The topological polar surface area (TPSA) is 20.9 Å². The van der Waals surface area contributed by atoms with Gasteiger partial charge in [-0.2, -0.15) is 132 Å². The first-order chi connectivity index (χ1) is 33.0. The quantitative estimate of drug-likeness (QED) is 0.0513. The molecule has 73 heavy (non-hydrogen) atoms. The highest BCUT2D eigenvalue weighted by molar-refractivity contribution is 7.20. The third-order valence-corrected chi connectivity index (χ3v) is 10.7. The van der Waals surface area contributed by atoms with Crippen molar-refractivity contribution < 1.29 is 119 Å². The molecule has 0 amide bonds. The Balaban J connectivity index is 0.000000520. The van der Waals surface area contributed by atoms with Crippen LogP contribution in [0.4, 0.5) is 110 Å². The molecule has 0 unspecified atom stereocenters. The van der Waals surface area contributed by atoms with Gasteiger partial charge in [-0.05, 0) is 30.3 Å². The van der Waals surface area contributed by atoms with Gasteiger partial charge in [0.1, 0.15) is 6.15 Å². The Morgan fingerprint density at radius 3 is 0.795 bits per heavy atom. The second-order valence-electron chi connectivity index (χ2n) is 15.7. The van der Waals surface area contributed by atoms with E-state index < -0.39 is 201 Å². The minimum atomic E-state index is -6.13. The fraction of sp³-hybridized carbons (Fsp3) is 0.200. The second-order valence-corrected chi connectivity index (χ2v) is 15.7. The Bertz CT molecular complexity index is 2520. The maximum absolute atomic E-state index is 14.2. The highest BCUT2D eigenvalue weighted by atomic mass is 19.4. The summed E-state index contributed by atoms with van der Waals surface area (Å²) in [6, 6.07) is 4.69. The van der Waals surface area contributed by atoms with Crippen LogP contribution in [0.1, 0.15) is 54.9 Å². The standard InChI is InChI=1S/C32H12BF24.C13H11FNO/c34-25(35,36)13-1-14(26(37,38)39)6-21(5-13)33(22-7-15(27(40,41)42)2-16(8-22)28(43,44)45,23-9-17(29(46,47)48)3-18(10-23)30(49,50)51)24-11-19(31(52,53)54)4-20(12-24)32(55,56)57;14-13-8-4-5-9-15(13)10-12(16)11-6-2-1-3-7-11/h1-12H;1-9H,10H2/q-1;+1. The van der Waals surface area contributed by atoms with E-state index in [0.717, 1.165) is 0 Å². The molecule has 6 aromatic rings. The molecule has 0 bridgehead atoms. The third kappa shape index (κ3) is 13.3. The highest BCUT2D eigenvalue weighted by Crippen LogP contribution is 2.41. The van der Waals surface area contributed by atoms with E-state index in [-0.39, 0.29) is 12.3 Å². The van der Waals surface area contributed by atoms with Crippen LogP contribution in [0.15, 0.2) is 128 Å². The van der Waals surface area contributed by atoms with Crippen LogP contribution in [0.3, 0.4) is 0 Å². The molecule has 392 valence electrons. The lowest BCUT2D eigenvalue weighted by Crippen LogP contribution is -2.75. The highest BCUT2D eigenvalue weighted by Gasteiger charge is 2.47. The van der Waals surface area contributed by atoms with E-state index in [2.05, 4.69) is 0 Å². The molecule has 1 heterocycles. The number of pyridine rings is 1. The number of aromatic nitrogens is 1. The van der Waals surface area contributed by atoms with Crippen LogP contribution in [0, 0.1) is 5.95 Å². The zero-order valence-electron chi connectivity index (χ0n) is 35.2. The predicted molar refractivity (Wildman–Crippen MR) is 207 cm³/mol. The van der Waals surface area contributed by atoms with Crippen molar-refractivity contribution in [1.82, 2.24) is 0 Å². The number of carbonyl (C=O) groups excluding carboxylic acids is 1. The number of carbonyl (C=O) groups is 1. The summed E-state index contributed by atoms with van der Waals surface area (Å²) in [6.07, 6.45) is -53.3. The molecule has 0 fully saturated rings. The first-order valence-corrected chi connectivity index (χ1v) is 19.6. The third-order valence-electron chi connectivity index (χ3n) is 10.7. The monoisotopic (exact) mass is 1080 g/mol. The number of rotatable bonds is 7. The summed E-state index contributed by atoms with van der Waals surface area (Å²) in [4.78, 5) is 11.8. The zero-order valence-corrected chi connectivity index (χ0v) is 35.2. The number of Topliss-reactive ketones (excluding diaryl/α,β-unsaturated/α-hetero) is 1. The lowest BCUT2D eigenvalue weighted by molar-refractivity contribution is -0.711. The van der Waals surface area contributed by atoms with E-state index in [4.69, 9.17) is 0 Å². The van der Waals surface area contributed by atoms with Crippen molar-refractivity contribution in [2.45, 2.75) is 56.0 Å². The Morgan fingerprint density at radius 2 is 0.575 bits per heavy atom. The number of halogens is 25. The molecule has 1 aromatic heterocycles. The largest absolute Gasteiger partial charge is 0.416 e. The van der Waals surface area contributed by atoms with Crippen LogP contribution in [-0.4, -0.2) is 11.9 Å². The lowest BCUT2D eigenvalue weighted by Gasteiger charge is -2.46. The smallest absolute Gasteiger partial charge is 0.287 e. The van der Waals surface area contributed by atoms with Gasteiger partial charge in [0.05, 0.1) is 44.5 Å². The fourth-order valence-corrected chi connectivity index (χ4v) is 7.52. The summed E-state index contributed by atoms with van der Waals surface area (Å²) < 4.78 is 355. The van der Waals surface area contributed by atoms with Crippen molar-refractivity contribution in [2.24, 2.45) is 0 Å². The molecule has 0 aliphatic carbocycles. The average molecular weight is 1080 g/mol. The molecule has 0 saturated heterocycles. The van der Waals surface area contributed by atoms with Gasteiger partial charge in [0.15, 0.2) is 6.20 Å². The first-order valence-electron chi connectivity index (χ1n) is 19.6. The number of ketones is 1. The molecule has 0 aliphatic heterocycles. The molecule has 2 nitrogen and oxygen atoms in total. The maximum Gasteiger partial charge on any atom is 0.416 e. The molecular formula is C45H23BF25NO. The lowest BCUT2D eigenvalue weighted by atomic mass is 9.12. The number of hydrogen-bond acceptors (Lipinski definition) is 1. The molecule has 0 atom stereocenters. The van der Waals surface area contributed by atoms with Gasteiger partial charge in [-0.3, -0.25) is 4.79 Å². The Morgan fingerprint density at radius 1 is 0.342 bits per heavy atom. The molecule has 5 aromatic carbocycles. The van der Waals surface area contributed by atoms with Gasteiger partial charge in [0, 0.05) is 17.7 Å². The Labute approximate surface area is 392 Å². The van der Waals surface area contributed by atoms with Crippen LogP contribution in [0.25, 0.3) is 0 Å². The molecule has 0 saturated carbocycles. The number of nitrogens with zero attached hydrogens (tertiary/aromatic N) is 1. The second kappa shape index (κ2) is 19.6. The van der Waals surface area contributed by atoms with Crippen LogP contribution < -0.4 is 26.4 Å². The maximum atomic E-state index is 14.2. The van der Waals surface area contributed by atoms with Crippen LogP contribution in [0.2, 0.25) is 0 Å². The van der Waals surface area contributed by atoms with Crippen molar-refractivity contribution in [3.8, 4) is 0 Å². The normalized spacial score (nSPS) is 13.4. The van der Waals surface area contributed by atoms with E-state index in [1.165, 1.54) is 10.6 Å². The Kier molecular flexibility index (Phi) is 15.3. The number of hydrogen-bond donors (Lipinski definition) is 0. The van der Waals surface area contributed by atoms with E-state index >= 15 is 0 Å². The van der Waals surface area contributed by atoms with Gasteiger partial charge < -0.3 is 0 Å². The van der Waals surface area contributed by atoms with Gasteiger partial charge in [0.2, 0.25) is 12.3 Å². The Hall–Kier alpha value is -6.77. The molecule has 0 spiro atoms. The van der Waals surface area contributed by atoms with Gasteiger partial charge in [-0.1, -0.05) is 78.9 Å². The zero-order chi connectivity index (χ0) is 55.3. The summed E-state index contributed by atoms with van der Waals surface area (Å²) in [7, 11) is 0. The van der Waals surface area contributed by atoms with Crippen LogP contribution in [0.5, 0.6) is 0 Å². The van der Waals surface area contributed by atoms with Gasteiger partial charge in [-0.25, -0.2) is 0 Å². The average Bonchev–Trinajstić information content (AvgIpc) is 3.25. The summed E-state index contributed by atoms with van der Waals surface area (Å²) in [5, 5.41) is 0. The minimum absolute atomic E-state index is 0.0245. The van der Waals surface area contributed by atoms with Crippen molar-refractivity contribution in [1.29, 1.82) is 0 Å². The first kappa shape index (κ1) is 57.1. The summed E-state index contributed by atoms with van der Waals surface area (Å²) in [5.41, 5.74) is -29.6. The van der Waals surface area contributed by atoms with Crippen molar-refractivity contribution in [3.63, 3.8) is 0 Å². The summed E-state index contributed by atoms with van der Waals surface area (Å²) in [5.74, 6) is -0.512. The van der Waals surface area contributed by atoms with Crippen molar-refractivity contribution in [2.75, 3.05) is 0 Å². The van der Waals surface area contributed by atoms with E-state index in [0.29, 0.717) is 5.56 Å². The molecule has 6 rings (SSSR count). The van der Waals surface area contributed by atoms with Gasteiger partial charge in [0.25, 0.3) is 0 Å². The minimum Gasteiger partial charge on any atom is -0.287 e. The van der Waals surface area contributed by atoms with E-state index in [1.807, 2.05) is 6.07 Å². The van der Waals surface area contributed by atoms with Gasteiger partial charge in [-0.15, -0.1) is 4.39 Å². The number of alkyl halides is 24. The van der Waals surface area contributed by atoms with E-state index in [1.54, 1.807) is 42.6 Å². The predicted octanol–water partition coefficient (Wildman–Crippen LogP) is 13.2. The SMILES string of the molecule is FC(F)(F)c1cc([B-](c2cc(C(F)(F)F)cc(C(F)(F)F)c2)(c2cc(C(F)(F)F)cc(C(F)(F)F)c2)c2cc(C(F)(F)F)cc(C(F)(F)F)c2)cc(C(F)(F)F)c1.O=C(C[n+]1ccccc1F)c1ccccc1. The summed E-state index contributed by atoms with van der Waals surface area (Å²) in [6.45, 7) is 0.0245. The van der Waals surface area contributed by atoms with E-state index in [9.17, 15) is 115 Å². The van der Waals surface area contributed by atoms with Crippen LogP contribution in [-0.2, 0) is 56.0 Å². The molecule has 0 N–H and O–H groups in total. The molecular weight excluding hydrogens is 1060 g/mol. The van der Waals surface area contributed by atoms with Crippen molar-refractivity contribution >= 4 is 33.8 Å². The molecule has 28 heteroatoms. The molecule has 0 radical (unpaired) electrons. The summed E-state index contributed by atoms with van der Waals surface area (Å²) >= 11 is 0. The number of benzene rings is 5. The van der Waals surface area contributed by atoms with Crippen molar-refractivity contribution in [3.05, 3.63) is 184 Å². The van der Waals surface area contributed by atoms with Crippen LogP contribution >= 0.6 is 0 Å². The fourth-order valence-electron chi connectivity index (χ4n) is 7.52. The van der Waals surface area contributed by atoms with Gasteiger partial charge >= 0.3 is 55.4 Å².